The molecule has 1 heterocycles. The molecule has 0 aliphatic rings. The average molecular weight is 432 g/mol. The Bertz CT molecular complexity index is 1260. The third kappa shape index (κ3) is 4.61. The Morgan fingerprint density at radius 1 is 1.23 bits per heavy atom. The number of oxazole rings is 1. The molecule has 0 spiro atoms. The normalized spacial score (nSPS) is 11.8. The van der Waals surface area contributed by atoms with Crippen molar-refractivity contribution in [3.8, 4) is 5.75 Å². The number of carbonyl (C=O) groups excluding carboxylic acids is 1. The first kappa shape index (κ1) is 21.3. The van der Waals surface area contributed by atoms with Crippen molar-refractivity contribution in [3.63, 3.8) is 0 Å². The summed E-state index contributed by atoms with van der Waals surface area (Å²) in [6, 6.07) is 11.4. The molecule has 3 rings (SSSR count). The van der Waals surface area contributed by atoms with Gasteiger partial charge in [-0.3, -0.25) is 4.57 Å². The largest absolute Gasteiger partial charge is 0.495 e. The lowest BCUT2D eigenvalue weighted by Gasteiger charge is -2.09. The topological polar surface area (TPSA) is 117 Å². The fourth-order valence-electron chi connectivity index (χ4n) is 2.79. The summed E-state index contributed by atoms with van der Waals surface area (Å²) in [6.45, 7) is 0.108. The minimum atomic E-state index is -3.73. The fourth-order valence-corrected chi connectivity index (χ4v) is 3.72. The summed E-state index contributed by atoms with van der Waals surface area (Å²) in [7, 11) is -1.07. The van der Waals surface area contributed by atoms with E-state index in [0.717, 1.165) is 0 Å². The lowest BCUT2D eigenvalue weighted by Crippen LogP contribution is -2.19. The van der Waals surface area contributed by atoms with Gasteiger partial charge in [-0.1, -0.05) is 18.2 Å². The van der Waals surface area contributed by atoms with Crippen LogP contribution in [0.1, 0.15) is 5.56 Å². The maximum absolute atomic E-state index is 12.1. The molecule has 30 heavy (non-hydrogen) atoms. The molecule has 0 radical (unpaired) electrons. The third-order valence-electron chi connectivity index (χ3n) is 4.29. The highest BCUT2D eigenvalue weighted by atomic mass is 32.2. The molecule has 0 bridgehead atoms. The van der Waals surface area contributed by atoms with Crippen molar-refractivity contribution in [3.05, 3.63) is 64.7 Å². The van der Waals surface area contributed by atoms with Crippen LogP contribution in [-0.2, 0) is 26.1 Å². The van der Waals surface area contributed by atoms with E-state index in [2.05, 4.69) is 4.72 Å². The molecular formula is C20H20N2O7S. The summed E-state index contributed by atoms with van der Waals surface area (Å²) < 4.78 is 43.1. The number of sulfonamides is 1. The first-order valence-corrected chi connectivity index (χ1v) is 10.4. The minimum Gasteiger partial charge on any atom is -0.495 e. The number of carbonyl (C=O) groups is 1. The molecule has 1 aromatic heterocycles. The maximum Gasteiger partial charge on any atom is 0.420 e. The number of para-hydroxylation sites is 2. The highest BCUT2D eigenvalue weighted by Gasteiger charge is 2.17. The zero-order valence-corrected chi connectivity index (χ0v) is 17.1. The number of ether oxygens (including phenoxy) is 2. The van der Waals surface area contributed by atoms with Crippen molar-refractivity contribution >= 4 is 33.2 Å². The van der Waals surface area contributed by atoms with Gasteiger partial charge in [0.05, 0.1) is 19.2 Å². The molecular weight excluding hydrogens is 412 g/mol. The molecule has 0 unspecified atom stereocenters. The summed E-state index contributed by atoms with van der Waals surface area (Å²) >= 11 is 0. The van der Waals surface area contributed by atoms with Crippen molar-refractivity contribution in [1.82, 2.24) is 9.29 Å². The summed E-state index contributed by atoms with van der Waals surface area (Å²) in [6.07, 6.45) is 2.60. The number of hydrogen-bond donors (Lipinski definition) is 1. The maximum atomic E-state index is 12.1. The van der Waals surface area contributed by atoms with Crippen LogP contribution in [0.15, 0.2) is 62.6 Å². The molecule has 0 amide bonds. The second-order valence-electron chi connectivity index (χ2n) is 6.11. The molecule has 3 aromatic rings. The first-order chi connectivity index (χ1) is 14.4. The predicted octanol–water partition coefficient (Wildman–Crippen LogP) is 1.77. The van der Waals surface area contributed by atoms with Crippen molar-refractivity contribution in [2.45, 2.75) is 11.4 Å². The van der Waals surface area contributed by atoms with Gasteiger partial charge in [0.2, 0.25) is 10.0 Å². The van der Waals surface area contributed by atoms with Gasteiger partial charge >= 0.3 is 11.7 Å². The van der Waals surface area contributed by atoms with Crippen LogP contribution in [0.3, 0.4) is 0 Å². The molecule has 10 heteroatoms. The van der Waals surface area contributed by atoms with Crippen LogP contribution in [0.5, 0.6) is 5.75 Å². The monoisotopic (exact) mass is 432 g/mol. The van der Waals surface area contributed by atoms with Gasteiger partial charge in [-0.25, -0.2) is 22.7 Å². The van der Waals surface area contributed by atoms with Gasteiger partial charge in [-0.05, 0) is 43.0 Å². The number of benzene rings is 2. The molecule has 0 atom stereocenters. The molecule has 1 N–H and O–H groups in total. The molecule has 0 saturated carbocycles. The summed E-state index contributed by atoms with van der Waals surface area (Å²) in [4.78, 5) is 23.8. The summed E-state index contributed by atoms with van der Waals surface area (Å²) in [5.74, 6) is -0.981. The van der Waals surface area contributed by atoms with Gasteiger partial charge in [-0.2, -0.15) is 0 Å². The number of aromatic nitrogens is 1. The Balaban J connectivity index is 1.66. The van der Waals surface area contributed by atoms with E-state index in [1.807, 2.05) is 0 Å². The van der Waals surface area contributed by atoms with Gasteiger partial charge in [0, 0.05) is 6.08 Å². The quantitative estimate of drug-likeness (QED) is 0.426. The first-order valence-electron chi connectivity index (χ1n) is 8.90. The lowest BCUT2D eigenvalue weighted by molar-refractivity contribution is -0.137. The molecule has 0 saturated heterocycles. The van der Waals surface area contributed by atoms with E-state index in [9.17, 15) is 18.0 Å². The van der Waals surface area contributed by atoms with Gasteiger partial charge in [0.25, 0.3) is 0 Å². The Morgan fingerprint density at radius 3 is 2.73 bits per heavy atom. The summed E-state index contributed by atoms with van der Waals surface area (Å²) in [5, 5.41) is 0. The van der Waals surface area contributed by atoms with Crippen LogP contribution in [0.25, 0.3) is 17.2 Å². The number of methoxy groups -OCH3 is 1. The number of rotatable bonds is 8. The molecule has 9 nitrogen and oxygen atoms in total. The van der Waals surface area contributed by atoms with E-state index in [1.54, 1.807) is 30.3 Å². The van der Waals surface area contributed by atoms with Crippen molar-refractivity contribution in [2.75, 3.05) is 20.8 Å². The van der Waals surface area contributed by atoms with Crippen LogP contribution in [0.2, 0.25) is 0 Å². The standard InChI is InChI=1S/C20H20N2O7S/c1-21-30(25,26)18-13-14(7-9-17(18)27-2)8-10-19(23)28-12-11-22-15-5-3-4-6-16(15)29-20(22)24/h3-10,13,21H,11-12H2,1-2H3/b10-8+. The summed E-state index contributed by atoms with van der Waals surface area (Å²) in [5.41, 5.74) is 1.55. The predicted molar refractivity (Wildman–Crippen MR) is 110 cm³/mol. The van der Waals surface area contributed by atoms with Crippen LogP contribution in [0, 0.1) is 0 Å². The highest BCUT2D eigenvalue weighted by Crippen LogP contribution is 2.25. The third-order valence-corrected chi connectivity index (χ3v) is 5.73. The average Bonchev–Trinajstić information content (AvgIpc) is 3.07. The Hall–Kier alpha value is -3.37. The lowest BCUT2D eigenvalue weighted by atomic mass is 10.2. The minimum absolute atomic E-state index is 0.0331. The van der Waals surface area contributed by atoms with E-state index in [-0.39, 0.29) is 23.8 Å². The fraction of sp³-hybridized carbons (Fsp3) is 0.200. The van der Waals surface area contributed by atoms with E-state index >= 15 is 0 Å². The molecule has 158 valence electrons. The zero-order valence-electron chi connectivity index (χ0n) is 16.3. The molecule has 0 aliphatic heterocycles. The van der Waals surface area contributed by atoms with E-state index in [4.69, 9.17) is 13.9 Å². The number of hydrogen-bond acceptors (Lipinski definition) is 7. The second kappa shape index (κ2) is 8.97. The second-order valence-corrected chi connectivity index (χ2v) is 7.96. The molecule has 2 aromatic carbocycles. The van der Waals surface area contributed by atoms with Gasteiger partial charge < -0.3 is 13.9 Å². The van der Waals surface area contributed by atoms with E-state index in [0.29, 0.717) is 16.7 Å². The SMILES string of the molecule is CNS(=O)(=O)c1cc(/C=C/C(=O)OCCn2c(=O)oc3ccccc32)ccc1OC. The van der Waals surface area contributed by atoms with Gasteiger partial charge in [0.15, 0.2) is 5.58 Å². The Labute approximate surface area is 172 Å². The zero-order chi connectivity index (χ0) is 21.7. The Morgan fingerprint density at radius 2 is 2.00 bits per heavy atom. The highest BCUT2D eigenvalue weighted by molar-refractivity contribution is 7.89. The number of nitrogens with one attached hydrogen (secondary N) is 1. The smallest absolute Gasteiger partial charge is 0.420 e. The van der Waals surface area contributed by atoms with Crippen LogP contribution in [0.4, 0.5) is 0 Å². The van der Waals surface area contributed by atoms with Crippen LogP contribution < -0.4 is 15.2 Å². The van der Waals surface area contributed by atoms with Gasteiger partial charge in [0.1, 0.15) is 17.3 Å². The molecule has 0 aliphatic carbocycles. The van der Waals surface area contributed by atoms with Gasteiger partial charge in [-0.15, -0.1) is 0 Å². The Kier molecular flexibility index (Phi) is 6.38. The number of esters is 1. The van der Waals surface area contributed by atoms with E-state index in [1.165, 1.54) is 43.0 Å². The number of fused-ring (bicyclic) bond motifs is 1. The van der Waals surface area contributed by atoms with Crippen molar-refractivity contribution in [2.24, 2.45) is 0 Å². The van der Waals surface area contributed by atoms with Crippen LogP contribution >= 0.6 is 0 Å². The van der Waals surface area contributed by atoms with Crippen LogP contribution in [-0.4, -0.2) is 39.7 Å². The number of nitrogens with zero attached hydrogens (tertiary/aromatic N) is 1. The van der Waals surface area contributed by atoms with Crippen molar-refractivity contribution < 1.29 is 27.1 Å². The molecule has 0 fully saturated rings. The van der Waals surface area contributed by atoms with Crippen molar-refractivity contribution in [1.29, 1.82) is 0 Å². The van der Waals surface area contributed by atoms with E-state index < -0.39 is 21.7 Å².